The van der Waals surface area contributed by atoms with E-state index in [0.29, 0.717) is 22.9 Å². The van der Waals surface area contributed by atoms with E-state index in [1.165, 1.54) is 6.21 Å². The van der Waals surface area contributed by atoms with Crippen LogP contribution < -0.4 is 4.74 Å². The summed E-state index contributed by atoms with van der Waals surface area (Å²) in [6.07, 6.45) is 8.15. The lowest BCUT2D eigenvalue weighted by atomic mass is 9.85. The molecule has 0 spiro atoms. The molecule has 25 heavy (non-hydrogen) atoms. The average Bonchev–Trinajstić information content (AvgIpc) is 3.27. The highest BCUT2D eigenvalue weighted by Crippen LogP contribution is 2.52. The number of hydrogen-bond acceptors (Lipinski definition) is 4. The Kier molecular flexibility index (Phi) is 3.96. The van der Waals surface area contributed by atoms with Gasteiger partial charge >= 0.3 is 0 Å². The van der Waals surface area contributed by atoms with Gasteiger partial charge in [0.2, 0.25) is 0 Å². The monoisotopic (exact) mass is 356 g/mol. The van der Waals surface area contributed by atoms with Crippen molar-refractivity contribution in [2.24, 2.45) is 28.8 Å². The fraction of sp³-hybridized carbons (Fsp3) is 0.316. The molecule has 3 aliphatic rings. The number of allylic oxidation sites excluding steroid dienone is 2. The second kappa shape index (κ2) is 6.15. The highest BCUT2D eigenvalue weighted by Gasteiger charge is 2.59. The normalized spacial score (nSPS) is 29.7. The van der Waals surface area contributed by atoms with Crippen LogP contribution in [0.15, 0.2) is 48.1 Å². The summed E-state index contributed by atoms with van der Waals surface area (Å²) in [6, 6.07) is 5.17. The molecule has 4 atom stereocenters. The van der Waals surface area contributed by atoms with Gasteiger partial charge in [0.05, 0.1) is 23.1 Å². The summed E-state index contributed by atoms with van der Waals surface area (Å²) in [5.41, 5.74) is 0.690. The predicted octanol–water partition coefficient (Wildman–Crippen LogP) is 3.05. The number of nitrogens with zero attached hydrogens (tertiary/aromatic N) is 2. The molecule has 1 aromatic rings. The third-order valence-corrected chi connectivity index (χ3v) is 5.38. The van der Waals surface area contributed by atoms with Crippen LogP contribution >= 0.6 is 11.6 Å². The SMILES string of the molecule is C=CCOc1ccc(C=NN2C(=O)C3C4C=CC(C4)C3C2=O)cc1Cl. The van der Waals surface area contributed by atoms with Crippen molar-refractivity contribution in [2.45, 2.75) is 6.42 Å². The number of hydrogen-bond donors (Lipinski definition) is 0. The number of imide groups is 1. The number of rotatable bonds is 5. The van der Waals surface area contributed by atoms with Crippen molar-refractivity contribution in [1.82, 2.24) is 5.01 Å². The lowest BCUT2D eigenvalue weighted by Gasteiger charge is -2.13. The minimum atomic E-state index is -0.238. The smallest absolute Gasteiger partial charge is 0.254 e. The molecule has 2 fully saturated rings. The number of amides is 2. The van der Waals surface area contributed by atoms with E-state index >= 15 is 0 Å². The van der Waals surface area contributed by atoms with Gasteiger partial charge in [-0.3, -0.25) is 9.59 Å². The molecule has 0 radical (unpaired) electrons. The molecule has 0 aromatic heterocycles. The molecular formula is C19H17ClN2O3. The lowest BCUT2D eigenvalue weighted by Crippen LogP contribution is -2.28. The molecule has 1 heterocycles. The maximum atomic E-state index is 12.5. The molecule has 1 aromatic carbocycles. The molecule has 6 heteroatoms. The summed E-state index contributed by atoms with van der Waals surface area (Å²) >= 11 is 6.17. The highest BCUT2D eigenvalue weighted by molar-refractivity contribution is 6.32. The summed E-state index contributed by atoms with van der Waals surface area (Å²) < 4.78 is 5.41. The average molecular weight is 357 g/mol. The molecule has 128 valence electrons. The van der Waals surface area contributed by atoms with Gasteiger partial charge in [0, 0.05) is 0 Å². The Bertz CT molecular complexity index is 787. The number of fused-ring (bicyclic) bond motifs is 5. The van der Waals surface area contributed by atoms with Gasteiger partial charge in [0.15, 0.2) is 0 Å². The van der Waals surface area contributed by atoms with Gasteiger partial charge in [0.1, 0.15) is 12.4 Å². The first-order valence-electron chi connectivity index (χ1n) is 8.23. The predicted molar refractivity (Wildman–Crippen MR) is 94.3 cm³/mol. The van der Waals surface area contributed by atoms with Crippen LogP contribution in [0.5, 0.6) is 5.75 Å². The van der Waals surface area contributed by atoms with Crippen LogP contribution in [0.2, 0.25) is 5.02 Å². The van der Waals surface area contributed by atoms with Gasteiger partial charge in [0.25, 0.3) is 11.8 Å². The van der Waals surface area contributed by atoms with Crippen LogP contribution in [0.25, 0.3) is 0 Å². The first-order chi connectivity index (χ1) is 12.1. The van der Waals surface area contributed by atoms with E-state index in [9.17, 15) is 9.59 Å². The Morgan fingerprint density at radius 1 is 1.24 bits per heavy atom. The summed E-state index contributed by atoms with van der Waals surface area (Å²) in [4.78, 5) is 25.1. The van der Waals surface area contributed by atoms with Crippen molar-refractivity contribution in [3.05, 3.63) is 53.6 Å². The third kappa shape index (κ3) is 2.59. The molecular weight excluding hydrogens is 340 g/mol. The van der Waals surface area contributed by atoms with Crippen LogP contribution in [0.3, 0.4) is 0 Å². The number of benzene rings is 1. The molecule has 1 saturated heterocycles. The lowest BCUT2D eigenvalue weighted by molar-refractivity contribution is -0.140. The molecule has 2 amide bonds. The molecule has 4 rings (SSSR count). The minimum absolute atomic E-state index is 0.183. The van der Waals surface area contributed by atoms with Crippen LogP contribution in [-0.4, -0.2) is 29.6 Å². The van der Waals surface area contributed by atoms with E-state index in [2.05, 4.69) is 23.8 Å². The first kappa shape index (κ1) is 16.1. The van der Waals surface area contributed by atoms with E-state index < -0.39 is 0 Å². The molecule has 5 nitrogen and oxygen atoms in total. The van der Waals surface area contributed by atoms with Gasteiger partial charge in [-0.2, -0.15) is 10.1 Å². The van der Waals surface area contributed by atoms with Gasteiger partial charge in [-0.15, -0.1) is 0 Å². The minimum Gasteiger partial charge on any atom is -0.488 e. The second-order valence-electron chi connectivity index (χ2n) is 6.52. The van der Waals surface area contributed by atoms with E-state index in [-0.39, 0.29) is 35.5 Å². The Hall–Kier alpha value is -2.40. The molecule has 2 aliphatic carbocycles. The van der Waals surface area contributed by atoms with E-state index in [1.54, 1.807) is 24.3 Å². The van der Waals surface area contributed by atoms with Gasteiger partial charge in [-0.25, -0.2) is 0 Å². The van der Waals surface area contributed by atoms with Gasteiger partial charge in [-0.1, -0.05) is 36.4 Å². The molecule has 1 saturated carbocycles. The highest BCUT2D eigenvalue weighted by atomic mass is 35.5. The van der Waals surface area contributed by atoms with E-state index in [4.69, 9.17) is 16.3 Å². The molecule has 1 aliphatic heterocycles. The van der Waals surface area contributed by atoms with Crippen molar-refractivity contribution in [3.63, 3.8) is 0 Å². The topological polar surface area (TPSA) is 59.0 Å². The number of ether oxygens (including phenoxy) is 1. The van der Waals surface area contributed by atoms with E-state index in [1.807, 2.05) is 0 Å². The Balaban J connectivity index is 1.51. The zero-order valence-electron chi connectivity index (χ0n) is 13.5. The Morgan fingerprint density at radius 3 is 2.52 bits per heavy atom. The Labute approximate surface area is 150 Å². The number of carbonyl (C=O) groups is 2. The van der Waals surface area contributed by atoms with Crippen molar-refractivity contribution in [1.29, 1.82) is 0 Å². The van der Waals surface area contributed by atoms with Crippen LogP contribution in [0.4, 0.5) is 0 Å². The summed E-state index contributed by atoms with van der Waals surface area (Å²) in [7, 11) is 0. The second-order valence-corrected chi connectivity index (χ2v) is 6.93. The van der Waals surface area contributed by atoms with Gasteiger partial charge in [-0.05, 0) is 42.0 Å². The maximum Gasteiger partial charge on any atom is 0.254 e. The van der Waals surface area contributed by atoms with Crippen molar-refractivity contribution >= 4 is 29.6 Å². The molecule has 4 unspecified atom stereocenters. The fourth-order valence-corrected chi connectivity index (χ4v) is 4.23. The van der Waals surface area contributed by atoms with Crippen LogP contribution in [-0.2, 0) is 9.59 Å². The quantitative estimate of drug-likeness (QED) is 0.463. The molecule has 2 bridgehead atoms. The number of carbonyl (C=O) groups excluding carboxylic acids is 2. The summed E-state index contributed by atoms with van der Waals surface area (Å²) in [5, 5.41) is 5.59. The summed E-state index contributed by atoms with van der Waals surface area (Å²) in [5.74, 6) is 0.0464. The zero-order valence-corrected chi connectivity index (χ0v) is 14.2. The zero-order chi connectivity index (χ0) is 17.6. The van der Waals surface area contributed by atoms with Crippen molar-refractivity contribution in [2.75, 3.05) is 6.61 Å². The maximum absolute atomic E-state index is 12.5. The van der Waals surface area contributed by atoms with Gasteiger partial charge < -0.3 is 4.74 Å². The summed E-state index contributed by atoms with van der Waals surface area (Å²) in [6.45, 7) is 3.95. The number of halogens is 1. The first-order valence-corrected chi connectivity index (χ1v) is 8.61. The van der Waals surface area contributed by atoms with Crippen molar-refractivity contribution < 1.29 is 14.3 Å². The third-order valence-electron chi connectivity index (χ3n) is 5.08. The van der Waals surface area contributed by atoms with Crippen LogP contribution in [0.1, 0.15) is 12.0 Å². The largest absolute Gasteiger partial charge is 0.488 e. The molecule has 0 N–H and O–H groups in total. The van der Waals surface area contributed by atoms with Crippen LogP contribution in [0, 0.1) is 23.7 Å². The van der Waals surface area contributed by atoms with E-state index in [0.717, 1.165) is 11.4 Å². The number of hydrazone groups is 1. The standard InChI is InChI=1S/C19H17ClN2O3/c1-2-7-25-15-6-3-11(8-14(15)20)10-21-22-18(23)16-12-4-5-13(9-12)17(16)19(22)24/h2-6,8,10,12-13,16-17H,1,7,9H2. The fourth-order valence-electron chi connectivity index (χ4n) is 3.99. The van der Waals surface area contributed by atoms with Crippen molar-refractivity contribution in [3.8, 4) is 5.75 Å². The Morgan fingerprint density at radius 2 is 1.92 bits per heavy atom.